The molecule has 1 rings (SSSR count). The van der Waals surface area contributed by atoms with Gasteiger partial charge in [-0.3, -0.25) is 0 Å². The van der Waals surface area contributed by atoms with Crippen LogP contribution in [0.1, 0.15) is 32.6 Å². The number of aliphatic hydroxyl groups is 1. The van der Waals surface area contributed by atoms with Crippen molar-refractivity contribution in [2.24, 2.45) is 5.92 Å². The monoisotopic (exact) mass is 188 g/mol. The maximum atomic E-state index is 8.78. The van der Waals surface area contributed by atoms with Crippen LogP contribution in [-0.4, -0.2) is 31.2 Å². The Hall–Kier alpha value is -0.120. The van der Waals surface area contributed by atoms with Crippen LogP contribution in [0, 0.1) is 5.92 Å². The second-order valence-electron chi connectivity index (χ2n) is 3.74. The quantitative estimate of drug-likeness (QED) is 0.711. The summed E-state index contributed by atoms with van der Waals surface area (Å²) in [5.41, 5.74) is 0. The molecule has 2 unspecified atom stereocenters. The van der Waals surface area contributed by atoms with E-state index >= 15 is 0 Å². The first-order valence-corrected chi connectivity index (χ1v) is 5.17. The molecule has 1 fully saturated rings. The third kappa shape index (κ3) is 4.60. The van der Waals surface area contributed by atoms with E-state index in [2.05, 4.69) is 0 Å². The topological polar surface area (TPSA) is 38.7 Å². The van der Waals surface area contributed by atoms with Crippen molar-refractivity contribution in [2.45, 2.75) is 38.9 Å². The van der Waals surface area contributed by atoms with E-state index in [1.807, 2.05) is 6.92 Å². The van der Waals surface area contributed by atoms with E-state index in [-0.39, 0.29) is 12.9 Å². The summed E-state index contributed by atoms with van der Waals surface area (Å²) in [5, 5.41) is 8.78. The second kappa shape index (κ2) is 6.35. The Labute approximate surface area is 80.0 Å². The van der Waals surface area contributed by atoms with Crippen LogP contribution in [0.25, 0.3) is 0 Å². The highest BCUT2D eigenvalue weighted by Gasteiger charge is 2.13. The van der Waals surface area contributed by atoms with Gasteiger partial charge in [0.2, 0.25) is 0 Å². The lowest BCUT2D eigenvalue weighted by molar-refractivity contribution is -0.164. The predicted octanol–water partition coefficient (Wildman–Crippen LogP) is 1.55. The largest absolute Gasteiger partial charge is 0.396 e. The molecule has 0 amide bonds. The zero-order valence-electron chi connectivity index (χ0n) is 8.37. The van der Waals surface area contributed by atoms with Crippen molar-refractivity contribution >= 4 is 0 Å². The van der Waals surface area contributed by atoms with E-state index in [1.54, 1.807) is 0 Å². The summed E-state index contributed by atoms with van der Waals surface area (Å²) in [4.78, 5) is 0. The van der Waals surface area contributed by atoms with Crippen LogP contribution < -0.4 is 0 Å². The van der Waals surface area contributed by atoms with E-state index in [0.29, 0.717) is 12.5 Å². The zero-order chi connectivity index (χ0) is 9.52. The highest BCUT2D eigenvalue weighted by atomic mass is 16.7. The minimum atomic E-state index is 0.0136. The summed E-state index contributed by atoms with van der Waals surface area (Å²) >= 11 is 0. The molecular weight excluding hydrogens is 168 g/mol. The summed E-state index contributed by atoms with van der Waals surface area (Å²) in [6, 6.07) is 0. The van der Waals surface area contributed by atoms with Crippen LogP contribution in [0.5, 0.6) is 0 Å². The lowest BCUT2D eigenvalue weighted by Crippen LogP contribution is -2.23. The predicted molar refractivity (Wildman–Crippen MR) is 50.4 cm³/mol. The number of hydrogen-bond acceptors (Lipinski definition) is 3. The van der Waals surface area contributed by atoms with E-state index in [9.17, 15) is 0 Å². The van der Waals surface area contributed by atoms with Gasteiger partial charge in [0.1, 0.15) is 0 Å². The second-order valence-corrected chi connectivity index (χ2v) is 3.74. The van der Waals surface area contributed by atoms with Gasteiger partial charge in [-0.25, -0.2) is 0 Å². The Bertz CT molecular complexity index is 121. The van der Waals surface area contributed by atoms with Gasteiger partial charge in [-0.15, -0.1) is 0 Å². The van der Waals surface area contributed by atoms with E-state index in [4.69, 9.17) is 14.6 Å². The Morgan fingerprint density at radius 1 is 1.54 bits per heavy atom. The van der Waals surface area contributed by atoms with Gasteiger partial charge in [-0.05, 0) is 31.6 Å². The minimum Gasteiger partial charge on any atom is -0.396 e. The van der Waals surface area contributed by atoms with Crippen molar-refractivity contribution in [1.29, 1.82) is 0 Å². The molecule has 1 N–H and O–H groups in total. The van der Waals surface area contributed by atoms with Crippen LogP contribution in [0.2, 0.25) is 0 Å². The summed E-state index contributed by atoms with van der Waals surface area (Å²) in [6.07, 6.45) is 4.32. The van der Waals surface area contributed by atoms with Crippen molar-refractivity contribution in [3.05, 3.63) is 0 Å². The average molecular weight is 188 g/mol. The number of ether oxygens (including phenoxy) is 2. The summed E-state index contributed by atoms with van der Waals surface area (Å²) in [5.74, 6) is 0.337. The van der Waals surface area contributed by atoms with Crippen LogP contribution in [0.4, 0.5) is 0 Å². The Kier molecular flexibility index (Phi) is 5.35. The van der Waals surface area contributed by atoms with Crippen molar-refractivity contribution in [1.82, 2.24) is 0 Å². The molecule has 0 aromatic heterocycles. The lowest BCUT2D eigenvalue weighted by Gasteiger charge is -2.23. The van der Waals surface area contributed by atoms with E-state index in [1.165, 1.54) is 6.42 Å². The van der Waals surface area contributed by atoms with Gasteiger partial charge in [-0.2, -0.15) is 0 Å². The molecule has 1 saturated heterocycles. The van der Waals surface area contributed by atoms with Crippen LogP contribution >= 0.6 is 0 Å². The molecule has 2 atom stereocenters. The summed E-state index contributed by atoms with van der Waals surface area (Å²) < 4.78 is 10.9. The molecule has 1 aliphatic heterocycles. The highest BCUT2D eigenvalue weighted by molar-refractivity contribution is 4.55. The Balaban J connectivity index is 1.98. The van der Waals surface area contributed by atoms with Gasteiger partial charge in [0.15, 0.2) is 6.29 Å². The molecule has 0 aromatic carbocycles. The zero-order valence-corrected chi connectivity index (χ0v) is 8.37. The molecule has 0 spiro atoms. The number of rotatable bonds is 5. The molecule has 0 aromatic rings. The van der Waals surface area contributed by atoms with Crippen LogP contribution in [0.15, 0.2) is 0 Å². The molecule has 13 heavy (non-hydrogen) atoms. The van der Waals surface area contributed by atoms with Gasteiger partial charge in [0, 0.05) is 13.2 Å². The van der Waals surface area contributed by atoms with Gasteiger partial charge in [0.25, 0.3) is 0 Å². The van der Waals surface area contributed by atoms with Gasteiger partial charge in [-0.1, -0.05) is 6.92 Å². The fraction of sp³-hybridized carbons (Fsp3) is 1.00. The average Bonchev–Trinajstić information content (AvgIpc) is 2.19. The van der Waals surface area contributed by atoms with E-state index < -0.39 is 0 Å². The minimum absolute atomic E-state index is 0.0136. The highest BCUT2D eigenvalue weighted by Crippen LogP contribution is 2.14. The molecular formula is C10H20O3. The molecule has 3 nitrogen and oxygen atoms in total. The molecule has 78 valence electrons. The maximum absolute atomic E-state index is 8.78. The first kappa shape index (κ1) is 11.0. The van der Waals surface area contributed by atoms with Crippen LogP contribution in [-0.2, 0) is 9.47 Å². The fourth-order valence-corrected chi connectivity index (χ4v) is 1.33. The fourth-order valence-electron chi connectivity index (χ4n) is 1.33. The molecule has 1 heterocycles. The van der Waals surface area contributed by atoms with Crippen molar-refractivity contribution < 1.29 is 14.6 Å². The SMILES string of the molecule is CC(CO)CCOC1CCCCO1. The van der Waals surface area contributed by atoms with Crippen molar-refractivity contribution in [2.75, 3.05) is 19.8 Å². The van der Waals surface area contributed by atoms with Gasteiger partial charge >= 0.3 is 0 Å². The van der Waals surface area contributed by atoms with Crippen molar-refractivity contribution in [3.63, 3.8) is 0 Å². The number of hydrogen-bond donors (Lipinski definition) is 1. The Morgan fingerprint density at radius 2 is 2.38 bits per heavy atom. The number of aliphatic hydroxyl groups excluding tert-OH is 1. The lowest BCUT2D eigenvalue weighted by atomic mass is 10.1. The molecule has 1 aliphatic rings. The van der Waals surface area contributed by atoms with Gasteiger partial charge in [0.05, 0.1) is 6.61 Å². The summed E-state index contributed by atoms with van der Waals surface area (Å²) in [7, 11) is 0. The first-order valence-electron chi connectivity index (χ1n) is 5.17. The smallest absolute Gasteiger partial charge is 0.157 e. The first-order chi connectivity index (χ1) is 6.33. The molecule has 0 aliphatic carbocycles. The normalized spacial score (nSPS) is 25.8. The Morgan fingerprint density at radius 3 is 3.00 bits per heavy atom. The van der Waals surface area contributed by atoms with Gasteiger partial charge < -0.3 is 14.6 Å². The standard InChI is InChI=1S/C10H20O3/c1-9(8-11)5-7-13-10-4-2-3-6-12-10/h9-11H,2-8H2,1H3. The molecule has 3 heteroatoms. The molecule has 0 saturated carbocycles. The maximum Gasteiger partial charge on any atom is 0.157 e. The molecule has 0 bridgehead atoms. The van der Waals surface area contributed by atoms with Crippen molar-refractivity contribution in [3.8, 4) is 0 Å². The van der Waals surface area contributed by atoms with Crippen LogP contribution in [0.3, 0.4) is 0 Å². The third-order valence-electron chi connectivity index (χ3n) is 2.36. The van der Waals surface area contributed by atoms with E-state index in [0.717, 1.165) is 25.9 Å². The molecule has 0 radical (unpaired) electrons. The third-order valence-corrected chi connectivity index (χ3v) is 2.36. The summed E-state index contributed by atoms with van der Waals surface area (Å²) in [6.45, 7) is 3.80.